The number of rotatable bonds is 0. The van der Waals surface area contributed by atoms with Gasteiger partial charge in [-0.25, -0.2) is 8.42 Å². The molecule has 0 aromatic heterocycles. The molecule has 0 aromatic rings. The first-order valence-corrected chi connectivity index (χ1v) is 8.08. The molecule has 0 saturated carbocycles. The first-order valence-electron chi connectivity index (χ1n) is 4.23. The highest BCUT2D eigenvalue weighted by atomic mass is 35.7. The molecule has 1 fully saturated rings. The molecule has 0 radical (unpaired) electrons. The monoisotopic (exact) mass is 345 g/mol. The summed E-state index contributed by atoms with van der Waals surface area (Å²) in [5.74, 6) is 0. The number of amides is 1. The zero-order valence-electron chi connectivity index (χ0n) is 8.83. The van der Waals surface area contributed by atoms with Gasteiger partial charge in [0.05, 0.1) is 6.26 Å². The van der Waals surface area contributed by atoms with Crippen LogP contribution in [0.1, 0.15) is 12.8 Å². The zero-order valence-corrected chi connectivity index (χ0v) is 12.7. The standard InChI is InChI=1S/C5H8ClNO.CCl2O.CH3ClO2S/c6-5(8)7-3-1-2-4-7;2-1(3)4;1-5(2,3)4/h1-4H2;;1H3. The summed E-state index contributed by atoms with van der Waals surface area (Å²) >= 11 is 14.0. The molecule has 0 bridgehead atoms. The van der Waals surface area contributed by atoms with Crippen molar-refractivity contribution in [2.75, 3.05) is 19.3 Å². The van der Waals surface area contributed by atoms with Crippen LogP contribution in [0.25, 0.3) is 0 Å². The van der Waals surface area contributed by atoms with Gasteiger partial charge in [-0.3, -0.25) is 9.59 Å². The Morgan fingerprint density at radius 1 is 1.06 bits per heavy atom. The number of halogens is 4. The van der Waals surface area contributed by atoms with Crippen LogP contribution in [0.3, 0.4) is 0 Å². The van der Waals surface area contributed by atoms with E-state index in [1.54, 1.807) is 4.90 Å². The largest absolute Gasteiger partial charge is 0.329 e. The Bertz CT molecular complexity index is 328. The summed E-state index contributed by atoms with van der Waals surface area (Å²) < 4.78 is 17.9. The molecule has 1 amide bonds. The third-order valence-corrected chi connectivity index (χ3v) is 1.59. The van der Waals surface area contributed by atoms with E-state index in [1.807, 2.05) is 0 Å². The highest BCUT2D eigenvalue weighted by molar-refractivity contribution is 8.13. The van der Waals surface area contributed by atoms with E-state index < -0.39 is 13.8 Å². The lowest BCUT2D eigenvalue weighted by atomic mass is 10.4. The minimum atomic E-state index is -3.19. The molecule has 0 spiro atoms. The number of nitrogens with zero attached hydrogens (tertiary/aromatic N) is 1. The van der Waals surface area contributed by atoms with Gasteiger partial charge in [-0.1, -0.05) is 0 Å². The first-order chi connectivity index (χ1) is 7.54. The second-order valence-electron chi connectivity index (χ2n) is 2.85. The summed E-state index contributed by atoms with van der Waals surface area (Å²) in [7, 11) is 1.31. The van der Waals surface area contributed by atoms with E-state index in [0.29, 0.717) is 0 Å². The minimum Gasteiger partial charge on any atom is -0.329 e. The van der Waals surface area contributed by atoms with E-state index in [1.165, 1.54) is 0 Å². The number of hydrogen-bond acceptors (Lipinski definition) is 4. The van der Waals surface area contributed by atoms with Gasteiger partial charge >= 0.3 is 10.1 Å². The van der Waals surface area contributed by atoms with Gasteiger partial charge < -0.3 is 4.90 Å². The van der Waals surface area contributed by atoms with Crippen molar-refractivity contribution >= 4 is 64.6 Å². The van der Waals surface area contributed by atoms with E-state index in [4.69, 9.17) is 16.4 Å². The maximum atomic E-state index is 10.3. The number of carbonyl (C=O) groups is 2. The van der Waals surface area contributed by atoms with Crippen LogP contribution in [-0.2, 0) is 9.05 Å². The first kappa shape index (κ1) is 19.6. The van der Waals surface area contributed by atoms with Gasteiger partial charge in [0.2, 0.25) is 9.05 Å². The van der Waals surface area contributed by atoms with Crippen molar-refractivity contribution in [3.05, 3.63) is 0 Å². The second kappa shape index (κ2) is 10.2. The quantitative estimate of drug-likeness (QED) is 0.498. The third-order valence-electron chi connectivity index (χ3n) is 1.35. The highest BCUT2D eigenvalue weighted by Crippen LogP contribution is 2.08. The van der Waals surface area contributed by atoms with E-state index >= 15 is 0 Å². The molecule has 1 rings (SSSR count). The SMILES string of the molecule is CS(=O)(=O)Cl.O=C(Cl)Cl.O=C(Cl)N1CCCC1. The molecule has 5 nitrogen and oxygen atoms in total. The van der Waals surface area contributed by atoms with Gasteiger partial charge in [0.25, 0.3) is 0 Å². The van der Waals surface area contributed by atoms with Crippen molar-refractivity contribution < 1.29 is 18.0 Å². The van der Waals surface area contributed by atoms with Crippen LogP contribution in [0.4, 0.5) is 9.59 Å². The Balaban J connectivity index is 0. The fraction of sp³-hybridized carbons (Fsp3) is 0.714. The van der Waals surface area contributed by atoms with Gasteiger partial charge in [-0.15, -0.1) is 0 Å². The van der Waals surface area contributed by atoms with Crippen LogP contribution in [0.15, 0.2) is 0 Å². The normalized spacial score (nSPS) is 14.1. The molecule has 10 heteroatoms. The van der Waals surface area contributed by atoms with Gasteiger partial charge in [-0.2, -0.15) is 0 Å². The van der Waals surface area contributed by atoms with E-state index in [0.717, 1.165) is 32.2 Å². The molecule has 0 unspecified atom stereocenters. The average molecular weight is 347 g/mol. The fourth-order valence-corrected chi connectivity index (χ4v) is 1.06. The summed E-state index contributed by atoms with van der Waals surface area (Å²) in [6.45, 7) is 1.70. The lowest BCUT2D eigenvalue weighted by Crippen LogP contribution is -2.21. The van der Waals surface area contributed by atoms with Gasteiger partial charge in [-0.05, 0) is 47.6 Å². The molecule has 1 aliphatic heterocycles. The van der Waals surface area contributed by atoms with E-state index in [9.17, 15) is 13.2 Å². The summed E-state index contributed by atoms with van der Waals surface area (Å²) in [5, 5.41) is -0.303. The summed E-state index contributed by atoms with van der Waals surface area (Å²) in [5.41, 5.74) is 0. The topological polar surface area (TPSA) is 71.5 Å². The van der Waals surface area contributed by atoms with Crippen molar-refractivity contribution in [3.63, 3.8) is 0 Å². The molecular weight excluding hydrogens is 336 g/mol. The molecule has 0 aromatic carbocycles. The fourth-order valence-electron chi connectivity index (χ4n) is 0.893. The number of likely N-dealkylation sites (tertiary alicyclic amines) is 1. The van der Waals surface area contributed by atoms with Crippen molar-refractivity contribution in [1.29, 1.82) is 0 Å². The summed E-state index contributed by atoms with van der Waals surface area (Å²) in [6.07, 6.45) is 3.14. The summed E-state index contributed by atoms with van der Waals surface area (Å²) in [4.78, 5) is 21.0. The van der Waals surface area contributed by atoms with Crippen LogP contribution >= 0.6 is 45.5 Å². The van der Waals surface area contributed by atoms with Gasteiger partial charge in [0.1, 0.15) is 0 Å². The van der Waals surface area contributed by atoms with Crippen LogP contribution in [0.2, 0.25) is 0 Å². The van der Waals surface area contributed by atoms with Gasteiger partial charge in [0.15, 0.2) is 0 Å². The molecule has 0 N–H and O–H groups in total. The second-order valence-corrected chi connectivity index (χ2v) is 7.10. The molecule has 1 heterocycles. The Labute approximate surface area is 119 Å². The Morgan fingerprint density at radius 2 is 1.29 bits per heavy atom. The van der Waals surface area contributed by atoms with Crippen LogP contribution < -0.4 is 0 Å². The molecular formula is C7H11Cl4NO4S. The van der Waals surface area contributed by atoms with Crippen molar-refractivity contribution in [1.82, 2.24) is 4.90 Å². The lowest BCUT2D eigenvalue weighted by Gasteiger charge is -2.07. The highest BCUT2D eigenvalue weighted by Gasteiger charge is 2.14. The number of hydrogen-bond donors (Lipinski definition) is 0. The maximum absolute atomic E-state index is 10.3. The van der Waals surface area contributed by atoms with Crippen LogP contribution in [0, 0.1) is 0 Å². The summed E-state index contributed by atoms with van der Waals surface area (Å²) in [6, 6.07) is 0. The number of carbonyl (C=O) groups excluding carboxylic acids is 2. The van der Waals surface area contributed by atoms with Crippen LogP contribution in [0.5, 0.6) is 0 Å². The lowest BCUT2D eigenvalue weighted by molar-refractivity contribution is 0.232. The zero-order chi connectivity index (χ0) is 14.1. The Hall–Kier alpha value is 0.250. The Kier molecular flexibility index (Phi) is 11.8. The maximum Gasteiger partial charge on any atom is 0.316 e. The van der Waals surface area contributed by atoms with Crippen LogP contribution in [-0.4, -0.2) is 42.7 Å². The van der Waals surface area contributed by atoms with E-state index in [2.05, 4.69) is 33.9 Å². The predicted octanol–water partition coefficient (Wildman–Crippen LogP) is 3.21. The van der Waals surface area contributed by atoms with Crippen molar-refractivity contribution in [2.45, 2.75) is 12.8 Å². The molecule has 1 aliphatic rings. The predicted molar refractivity (Wildman–Crippen MR) is 69.9 cm³/mol. The smallest absolute Gasteiger partial charge is 0.316 e. The average Bonchev–Trinajstić information content (AvgIpc) is 2.49. The molecule has 1 saturated heterocycles. The van der Waals surface area contributed by atoms with Crippen molar-refractivity contribution in [3.8, 4) is 0 Å². The third kappa shape index (κ3) is 26.1. The van der Waals surface area contributed by atoms with Gasteiger partial charge in [0, 0.05) is 23.8 Å². The molecule has 0 aliphatic carbocycles. The minimum absolute atomic E-state index is 0.303. The van der Waals surface area contributed by atoms with Crippen molar-refractivity contribution in [2.24, 2.45) is 0 Å². The molecule has 17 heavy (non-hydrogen) atoms. The molecule has 0 atom stereocenters. The molecule has 102 valence electrons. The van der Waals surface area contributed by atoms with E-state index in [-0.39, 0.29) is 5.37 Å². The Morgan fingerprint density at radius 3 is 1.41 bits per heavy atom.